The number of nitrogens with zero attached hydrogens (tertiary/aromatic N) is 1. The summed E-state index contributed by atoms with van der Waals surface area (Å²) in [6.07, 6.45) is 0.850. The first-order valence-corrected chi connectivity index (χ1v) is 9.49. The van der Waals surface area contributed by atoms with Crippen molar-refractivity contribution in [1.82, 2.24) is 10.6 Å². The van der Waals surface area contributed by atoms with Crippen LogP contribution in [0.2, 0.25) is 0 Å². The largest absolute Gasteiger partial charge is 0.494 e. The number of hydrogen-bond donors (Lipinski definition) is 2. The normalized spacial score (nSPS) is 11.1. The number of guanidine groups is 1. The number of methoxy groups -OCH3 is 2. The van der Waals surface area contributed by atoms with Crippen LogP contribution in [0, 0.1) is 6.92 Å². The van der Waals surface area contributed by atoms with Crippen molar-refractivity contribution in [2.75, 3.05) is 34.4 Å². The molecule has 0 atom stereocenters. The summed E-state index contributed by atoms with van der Waals surface area (Å²) < 4.78 is 16.2. The van der Waals surface area contributed by atoms with E-state index in [1.54, 1.807) is 21.3 Å². The Morgan fingerprint density at radius 1 is 0.929 bits per heavy atom. The van der Waals surface area contributed by atoms with Crippen LogP contribution >= 0.6 is 0 Å². The second-order valence-corrected chi connectivity index (χ2v) is 6.32. The quantitative estimate of drug-likeness (QED) is 0.512. The van der Waals surface area contributed by atoms with Gasteiger partial charge in [-0.2, -0.15) is 0 Å². The van der Waals surface area contributed by atoms with Crippen molar-refractivity contribution in [1.29, 1.82) is 0 Å². The maximum atomic E-state index is 5.59. The molecule has 0 saturated heterocycles. The van der Waals surface area contributed by atoms with Gasteiger partial charge in [-0.25, -0.2) is 0 Å². The molecule has 0 aliphatic heterocycles. The van der Waals surface area contributed by atoms with Crippen LogP contribution in [0.15, 0.2) is 41.4 Å². The van der Waals surface area contributed by atoms with E-state index in [9.17, 15) is 0 Å². The Bertz CT molecular complexity index is 791. The molecule has 0 spiro atoms. The monoisotopic (exact) mass is 385 g/mol. The lowest BCUT2D eigenvalue weighted by Crippen LogP contribution is -2.37. The van der Waals surface area contributed by atoms with Gasteiger partial charge in [0.25, 0.3) is 0 Å². The van der Waals surface area contributed by atoms with Gasteiger partial charge in [0.1, 0.15) is 5.75 Å². The molecule has 2 N–H and O–H groups in total. The zero-order valence-corrected chi connectivity index (χ0v) is 17.5. The molecule has 0 saturated carbocycles. The molecule has 0 aromatic heterocycles. The minimum atomic E-state index is 0.676. The SMILES string of the molecule is CCOc1ccc(CNC(=NC)NCCc2ccc(OC)c(OC)c2)cc1C. The molecule has 0 aliphatic rings. The van der Waals surface area contributed by atoms with Crippen LogP contribution in [0.1, 0.15) is 23.6 Å². The first-order valence-electron chi connectivity index (χ1n) is 9.49. The summed E-state index contributed by atoms with van der Waals surface area (Å²) >= 11 is 0. The van der Waals surface area contributed by atoms with E-state index in [1.807, 2.05) is 31.2 Å². The smallest absolute Gasteiger partial charge is 0.191 e. The van der Waals surface area contributed by atoms with E-state index < -0.39 is 0 Å². The van der Waals surface area contributed by atoms with Crippen LogP contribution < -0.4 is 24.8 Å². The Morgan fingerprint density at radius 3 is 2.29 bits per heavy atom. The molecule has 2 rings (SSSR count). The van der Waals surface area contributed by atoms with Crippen LogP contribution in [0.5, 0.6) is 17.2 Å². The van der Waals surface area contributed by atoms with E-state index in [4.69, 9.17) is 14.2 Å². The van der Waals surface area contributed by atoms with E-state index in [2.05, 4.69) is 34.7 Å². The molecule has 2 aromatic carbocycles. The highest BCUT2D eigenvalue weighted by Crippen LogP contribution is 2.27. The maximum absolute atomic E-state index is 5.59. The fourth-order valence-corrected chi connectivity index (χ4v) is 2.91. The highest BCUT2D eigenvalue weighted by Gasteiger charge is 2.06. The van der Waals surface area contributed by atoms with E-state index in [0.29, 0.717) is 13.2 Å². The Morgan fingerprint density at radius 2 is 1.64 bits per heavy atom. The Labute approximate surface area is 167 Å². The number of ether oxygens (including phenoxy) is 3. The van der Waals surface area contributed by atoms with Crippen molar-refractivity contribution in [3.63, 3.8) is 0 Å². The standard InChI is InChI=1S/C22H31N3O3/c1-6-28-19-9-8-18(13-16(19)2)15-25-22(23-3)24-12-11-17-7-10-20(26-4)21(14-17)27-5/h7-10,13-14H,6,11-12,15H2,1-5H3,(H2,23,24,25). The van der Waals surface area contributed by atoms with Gasteiger partial charge in [-0.3, -0.25) is 4.99 Å². The van der Waals surface area contributed by atoms with Gasteiger partial charge in [-0.1, -0.05) is 18.2 Å². The molecule has 2 aromatic rings. The molecule has 152 valence electrons. The van der Waals surface area contributed by atoms with Gasteiger partial charge in [-0.15, -0.1) is 0 Å². The van der Waals surface area contributed by atoms with Crippen molar-refractivity contribution in [2.24, 2.45) is 4.99 Å². The first-order chi connectivity index (χ1) is 13.6. The van der Waals surface area contributed by atoms with Crippen molar-refractivity contribution >= 4 is 5.96 Å². The first kappa shape index (κ1) is 21.4. The summed E-state index contributed by atoms with van der Waals surface area (Å²) in [7, 11) is 5.06. The second kappa shape index (κ2) is 11.1. The van der Waals surface area contributed by atoms with Crippen LogP contribution in [-0.2, 0) is 13.0 Å². The molecule has 6 heteroatoms. The minimum absolute atomic E-state index is 0.676. The summed E-state index contributed by atoms with van der Waals surface area (Å²) in [6.45, 7) is 6.19. The summed E-state index contributed by atoms with van der Waals surface area (Å²) in [5.41, 5.74) is 3.49. The molecule has 0 unspecified atom stereocenters. The summed E-state index contributed by atoms with van der Waals surface area (Å²) in [5.74, 6) is 3.19. The predicted octanol–water partition coefficient (Wildman–Crippen LogP) is 3.32. The Kier molecular flexibility index (Phi) is 8.46. The third kappa shape index (κ3) is 6.08. The van der Waals surface area contributed by atoms with Gasteiger partial charge in [-0.05, 0) is 55.2 Å². The molecular formula is C22H31N3O3. The summed E-state index contributed by atoms with van der Waals surface area (Å²) in [5, 5.41) is 6.69. The highest BCUT2D eigenvalue weighted by molar-refractivity contribution is 5.79. The van der Waals surface area contributed by atoms with E-state index in [-0.39, 0.29) is 0 Å². The number of aryl methyl sites for hydroxylation is 1. The Hall–Kier alpha value is -2.89. The molecule has 0 aliphatic carbocycles. The topological polar surface area (TPSA) is 64.1 Å². The van der Waals surface area contributed by atoms with E-state index in [1.165, 1.54) is 11.1 Å². The predicted molar refractivity (Wildman–Crippen MR) is 114 cm³/mol. The molecule has 0 amide bonds. The fourth-order valence-electron chi connectivity index (χ4n) is 2.91. The molecular weight excluding hydrogens is 354 g/mol. The lowest BCUT2D eigenvalue weighted by atomic mass is 10.1. The van der Waals surface area contributed by atoms with Crippen molar-refractivity contribution in [3.8, 4) is 17.2 Å². The van der Waals surface area contributed by atoms with E-state index in [0.717, 1.165) is 41.7 Å². The minimum Gasteiger partial charge on any atom is -0.494 e. The number of rotatable bonds is 9. The van der Waals surface area contributed by atoms with Crippen molar-refractivity contribution in [2.45, 2.75) is 26.8 Å². The Balaban J connectivity index is 1.84. The lowest BCUT2D eigenvalue weighted by molar-refractivity contribution is 0.338. The third-order valence-electron chi connectivity index (χ3n) is 4.38. The average Bonchev–Trinajstić information content (AvgIpc) is 2.72. The van der Waals surface area contributed by atoms with Crippen LogP contribution in [0.3, 0.4) is 0 Å². The van der Waals surface area contributed by atoms with E-state index >= 15 is 0 Å². The van der Waals surface area contributed by atoms with Gasteiger partial charge in [0.2, 0.25) is 0 Å². The average molecular weight is 386 g/mol. The maximum Gasteiger partial charge on any atom is 0.191 e. The number of nitrogens with one attached hydrogen (secondary N) is 2. The molecule has 0 heterocycles. The molecule has 0 fully saturated rings. The third-order valence-corrected chi connectivity index (χ3v) is 4.38. The number of hydrogen-bond acceptors (Lipinski definition) is 4. The zero-order valence-electron chi connectivity index (χ0n) is 17.5. The molecule has 0 bridgehead atoms. The lowest BCUT2D eigenvalue weighted by Gasteiger charge is -2.14. The van der Waals surface area contributed by atoms with Crippen LogP contribution in [0.4, 0.5) is 0 Å². The number of aliphatic imine (C=N–C) groups is 1. The van der Waals surface area contributed by atoms with Gasteiger partial charge >= 0.3 is 0 Å². The van der Waals surface area contributed by atoms with Crippen molar-refractivity contribution in [3.05, 3.63) is 53.1 Å². The molecule has 0 radical (unpaired) electrons. The van der Waals surface area contributed by atoms with Gasteiger partial charge in [0.05, 0.1) is 20.8 Å². The zero-order chi connectivity index (χ0) is 20.4. The van der Waals surface area contributed by atoms with Crippen LogP contribution in [-0.4, -0.2) is 40.4 Å². The van der Waals surface area contributed by atoms with Gasteiger partial charge < -0.3 is 24.8 Å². The number of benzene rings is 2. The summed E-state index contributed by atoms with van der Waals surface area (Å²) in [6, 6.07) is 12.2. The fraction of sp³-hybridized carbons (Fsp3) is 0.409. The second-order valence-electron chi connectivity index (χ2n) is 6.32. The highest BCUT2D eigenvalue weighted by atomic mass is 16.5. The molecule has 6 nitrogen and oxygen atoms in total. The van der Waals surface area contributed by atoms with Crippen molar-refractivity contribution < 1.29 is 14.2 Å². The van der Waals surface area contributed by atoms with Gasteiger partial charge in [0.15, 0.2) is 17.5 Å². The van der Waals surface area contributed by atoms with Gasteiger partial charge in [0, 0.05) is 20.1 Å². The summed E-state index contributed by atoms with van der Waals surface area (Å²) in [4.78, 5) is 4.29. The van der Waals surface area contributed by atoms with Crippen LogP contribution in [0.25, 0.3) is 0 Å². The molecule has 28 heavy (non-hydrogen) atoms.